The van der Waals surface area contributed by atoms with Crippen molar-refractivity contribution in [1.82, 2.24) is 10.4 Å². The molecule has 0 saturated heterocycles. The number of hydrazone groups is 1. The molecule has 0 aliphatic heterocycles. The molecule has 1 amide bonds. The molecular weight excluding hydrogens is 552 g/mol. The third-order valence-electron chi connectivity index (χ3n) is 6.46. The van der Waals surface area contributed by atoms with E-state index in [-0.39, 0.29) is 11.4 Å². The molecule has 0 bridgehead atoms. The summed E-state index contributed by atoms with van der Waals surface area (Å²) in [5, 5.41) is 14.9. The van der Waals surface area contributed by atoms with Crippen LogP contribution >= 0.6 is 11.6 Å². The number of ether oxygens (including phenoxy) is 2. The number of aromatic amines is 1. The summed E-state index contributed by atoms with van der Waals surface area (Å²) < 4.78 is 11.3. The second-order valence-electron chi connectivity index (χ2n) is 9.29. The van der Waals surface area contributed by atoms with Gasteiger partial charge in [-0.15, -0.1) is 0 Å². The molecule has 0 saturated carbocycles. The third kappa shape index (κ3) is 5.87. The molecule has 1 heterocycles. The summed E-state index contributed by atoms with van der Waals surface area (Å²) >= 11 is 6.49. The number of aromatic nitrogens is 1. The Labute approximate surface area is 247 Å². The lowest BCUT2D eigenvalue weighted by molar-refractivity contribution is 0.0728. The van der Waals surface area contributed by atoms with E-state index in [0.29, 0.717) is 56.1 Å². The summed E-state index contributed by atoms with van der Waals surface area (Å²) in [5.41, 5.74) is 6.96. The van der Waals surface area contributed by atoms with Gasteiger partial charge < -0.3 is 14.5 Å². The number of H-pyrrole nitrogens is 1. The van der Waals surface area contributed by atoms with Crippen LogP contribution in [0.25, 0.3) is 22.0 Å². The number of rotatable bonds is 8. The summed E-state index contributed by atoms with van der Waals surface area (Å²) in [4.78, 5) is 29.1. The molecule has 0 aliphatic rings. The Morgan fingerprint density at radius 1 is 1.02 bits per heavy atom. The Kier molecular flexibility index (Phi) is 8.32. The number of carbonyl (C=O) groups is 2. The highest BCUT2D eigenvalue weighted by molar-refractivity contribution is 6.34. The third-order valence-corrected chi connectivity index (χ3v) is 6.79. The standard InChI is InChI=1S/C33H25ClN4O4/c1-3-41-28-17-21(13-16-27(28)42-33(40)22-14-11-20(2)12-15-22)19-36-38-32(39)31-29(24-8-4-5-10-26(24)34)25-9-6-7-23(18-35)30(25)37-31/h4-17,19,37H,3H2,1-2H3,(H,38,39). The van der Waals surface area contributed by atoms with Gasteiger partial charge in [-0.05, 0) is 61.9 Å². The fraction of sp³-hybridized carbons (Fsp3) is 0.0909. The zero-order valence-corrected chi connectivity index (χ0v) is 23.5. The maximum atomic E-state index is 13.3. The van der Waals surface area contributed by atoms with Crippen molar-refractivity contribution in [3.63, 3.8) is 0 Å². The summed E-state index contributed by atoms with van der Waals surface area (Å²) in [6.45, 7) is 4.11. The molecule has 9 heteroatoms. The predicted octanol–water partition coefficient (Wildman–Crippen LogP) is 7.05. The minimum absolute atomic E-state index is 0.214. The maximum absolute atomic E-state index is 13.3. The Hall–Kier alpha value is -5.39. The van der Waals surface area contributed by atoms with Crippen LogP contribution in [0.5, 0.6) is 11.5 Å². The molecule has 1 aromatic heterocycles. The normalized spacial score (nSPS) is 10.9. The SMILES string of the molecule is CCOc1cc(C=NNC(=O)c2[nH]c3c(C#N)cccc3c2-c2ccccc2Cl)ccc1OC(=O)c1ccc(C)cc1. The van der Waals surface area contributed by atoms with Gasteiger partial charge in [0.1, 0.15) is 11.8 Å². The van der Waals surface area contributed by atoms with Gasteiger partial charge in [-0.2, -0.15) is 10.4 Å². The van der Waals surface area contributed by atoms with Gasteiger partial charge in [0.25, 0.3) is 5.91 Å². The molecule has 2 N–H and O–H groups in total. The van der Waals surface area contributed by atoms with Crippen LogP contribution in [-0.4, -0.2) is 29.7 Å². The Morgan fingerprint density at radius 2 is 1.81 bits per heavy atom. The number of amides is 1. The molecule has 4 aromatic carbocycles. The number of aryl methyl sites for hydroxylation is 1. The van der Waals surface area contributed by atoms with Crippen molar-refractivity contribution in [2.45, 2.75) is 13.8 Å². The van der Waals surface area contributed by atoms with Gasteiger partial charge in [0, 0.05) is 21.5 Å². The highest BCUT2D eigenvalue weighted by Crippen LogP contribution is 2.37. The van der Waals surface area contributed by atoms with Crippen LogP contribution in [-0.2, 0) is 0 Å². The second-order valence-corrected chi connectivity index (χ2v) is 9.70. The first-order chi connectivity index (χ1) is 20.4. The predicted molar refractivity (Wildman–Crippen MR) is 162 cm³/mol. The van der Waals surface area contributed by atoms with Crippen molar-refractivity contribution < 1.29 is 19.1 Å². The van der Waals surface area contributed by atoms with Crippen LogP contribution in [0.1, 0.15) is 44.5 Å². The van der Waals surface area contributed by atoms with E-state index in [9.17, 15) is 14.9 Å². The average molecular weight is 577 g/mol. The Balaban J connectivity index is 1.39. The van der Waals surface area contributed by atoms with Gasteiger partial charge >= 0.3 is 5.97 Å². The van der Waals surface area contributed by atoms with Crippen molar-refractivity contribution in [2.24, 2.45) is 5.10 Å². The van der Waals surface area contributed by atoms with E-state index in [1.165, 1.54) is 6.21 Å². The van der Waals surface area contributed by atoms with Gasteiger partial charge in [-0.25, -0.2) is 10.2 Å². The summed E-state index contributed by atoms with van der Waals surface area (Å²) in [7, 11) is 0. The number of nitriles is 1. The zero-order chi connectivity index (χ0) is 29.6. The number of fused-ring (bicyclic) bond motifs is 1. The quantitative estimate of drug-likeness (QED) is 0.0888. The average Bonchev–Trinajstić information content (AvgIpc) is 3.39. The molecule has 0 unspecified atom stereocenters. The van der Waals surface area contributed by atoms with Crippen LogP contribution in [0.3, 0.4) is 0 Å². The molecule has 0 spiro atoms. The molecule has 42 heavy (non-hydrogen) atoms. The number of hydrogen-bond donors (Lipinski definition) is 2. The molecule has 8 nitrogen and oxygen atoms in total. The van der Waals surface area contributed by atoms with Crippen LogP contribution in [0.4, 0.5) is 0 Å². The van der Waals surface area contributed by atoms with Crippen LogP contribution < -0.4 is 14.9 Å². The van der Waals surface area contributed by atoms with Crippen LogP contribution in [0.15, 0.2) is 90.0 Å². The lowest BCUT2D eigenvalue weighted by Crippen LogP contribution is -2.19. The van der Waals surface area contributed by atoms with E-state index >= 15 is 0 Å². The first-order valence-electron chi connectivity index (χ1n) is 13.1. The Morgan fingerprint density at radius 3 is 2.55 bits per heavy atom. The highest BCUT2D eigenvalue weighted by atomic mass is 35.5. The topological polar surface area (TPSA) is 117 Å². The fourth-order valence-corrected chi connectivity index (χ4v) is 4.68. The number of esters is 1. The van der Waals surface area contributed by atoms with E-state index in [1.54, 1.807) is 54.6 Å². The Bertz CT molecular complexity index is 1870. The minimum atomic E-state index is -0.519. The van der Waals surface area contributed by atoms with E-state index in [2.05, 4.69) is 21.6 Å². The van der Waals surface area contributed by atoms with E-state index in [1.807, 2.05) is 44.2 Å². The van der Waals surface area contributed by atoms with Crippen molar-refractivity contribution >= 4 is 40.6 Å². The van der Waals surface area contributed by atoms with E-state index in [0.717, 1.165) is 5.56 Å². The van der Waals surface area contributed by atoms with E-state index < -0.39 is 11.9 Å². The van der Waals surface area contributed by atoms with Crippen molar-refractivity contribution in [1.29, 1.82) is 5.26 Å². The molecule has 208 valence electrons. The minimum Gasteiger partial charge on any atom is -0.490 e. The van der Waals surface area contributed by atoms with Crippen molar-refractivity contribution in [3.05, 3.63) is 118 Å². The first kappa shape index (κ1) is 28.1. The van der Waals surface area contributed by atoms with E-state index in [4.69, 9.17) is 21.1 Å². The zero-order valence-electron chi connectivity index (χ0n) is 22.8. The molecule has 5 aromatic rings. The lowest BCUT2D eigenvalue weighted by Gasteiger charge is -2.11. The number of halogens is 1. The van der Waals surface area contributed by atoms with Crippen molar-refractivity contribution in [2.75, 3.05) is 6.61 Å². The number of para-hydroxylation sites is 1. The smallest absolute Gasteiger partial charge is 0.343 e. The summed E-state index contributed by atoms with van der Waals surface area (Å²) in [6.07, 6.45) is 1.45. The number of carbonyl (C=O) groups excluding carboxylic acids is 2. The number of benzene rings is 4. The highest BCUT2D eigenvalue weighted by Gasteiger charge is 2.22. The number of hydrogen-bond acceptors (Lipinski definition) is 6. The molecule has 0 aliphatic carbocycles. The van der Waals surface area contributed by atoms with Gasteiger partial charge in [0.05, 0.1) is 29.5 Å². The fourth-order valence-electron chi connectivity index (χ4n) is 4.45. The number of nitrogens with zero attached hydrogens (tertiary/aromatic N) is 2. The first-order valence-corrected chi connectivity index (χ1v) is 13.5. The molecule has 0 radical (unpaired) electrons. The lowest BCUT2D eigenvalue weighted by atomic mass is 10.0. The summed E-state index contributed by atoms with van der Waals surface area (Å²) in [5.74, 6) is -0.403. The van der Waals surface area contributed by atoms with Gasteiger partial charge in [0.15, 0.2) is 11.5 Å². The second kappa shape index (κ2) is 12.4. The van der Waals surface area contributed by atoms with Crippen molar-refractivity contribution in [3.8, 4) is 28.7 Å². The van der Waals surface area contributed by atoms with Crippen LogP contribution in [0.2, 0.25) is 5.02 Å². The number of nitrogens with one attached hydrogen (secondary N) is 2. The molecule has 0 fully saturated rings. The molecule has 5 rings (SSSR count). The van der Waals surface area contributed by atoms with Crippen LogP contribution in [0, 0.1) is 18.3 Å². The van der Waals surface area contributed by atoms with Gasteiger partial charge in [-0.1, -0.05) is 59.6 Å². The molecular formula is C33H25ClN4O4. The monoisotopic (exact) mass is 576 g/mol. The maximum Gasteiger partial charge on any atom is 0.343 e. The summed E-state index contributed by atoms with van der Waals surface area (Å²) in [6, 6.07) is 26.6. The molecule has 0 atom stereocenters. The van der Waals surface area contributed by atoms with Gasteiger partial charge in [-0.3, -0.25) is 4.79 Å². The largest absolute Gasteiger partial charge is 0.490 e. The van der Waals surface area contributed by atoms with Gasteiger partial charge in [0.2, 0.25) is 0 Å².